The monoisotopic (exact) mass is 419 g/mol. The summed E-state index contributed by atoms with van der Waals surface area (Å²) in [5.74, 6) is 0. The highest BCUT2D eigenvalue weighted by Gasteiger charge is 2.51. The van der Waals surface area contributed by atoms with Crippen molar-refractivity contribution in [3.05, 3.63) is 40.5 Å². The summed E-state index contributed by atoms with van der Waals surface area (Å²) < 4.78 is 96.0. The molecule has 1 aromatic heterocycles. The van der Waals surface area contributed by atoms with Gasteiger partial charge in [-0.3, -0.25) is 0 Å². The minimum atomic E-state index is -5.24. The van der Waals surface area contributed by atoms with Crippen molar-refractivity contribution in [2.24, 2.45) is 0 Å². The zero-order valence-corrected chi connectivity index (χ0v) is 14.7. The van der Waals surface area contributed by atoms with Crippen LogP contribution in [0.15, 0.2) is 29.2 Å². The van der Waals surface area contributed by atoms with Gasteiger partial charge in [0, 0.05) is 17.2 Å². The van der Waals surface area contributed by atoms with Crippen molar-refractivity contribution in [3.63, 3.8) is 0 Å². The predicted octanol–water partition coefficient (Wildman–Crippen LogP) is 5.52. The van der Waals surface area contributed by atoms with E-state index in [0.29, 0.717) is 0 Å². The largest absolute Gasteiger partial charge is 0.604 e. The van der Waals surface area contributed by atoms with E-state index in [4.69, 9.17) is 16.3 Å². The first-order chi connectivity index (χ1) is 12.0. The first-order valence-electron chi connectivity index (χ1n) is 7.11. The number of aromatic amines is 1. The fourth-order valence-corrected chi connectivity index (χ4v) is 3.34. The van der Waals surface area contributed by atoms with Crippen LogP contribution in [0.4, 0.5) is 26.3 Å². The Labute approximate surface area is 152 Å². The van der Waals surface area contributed by atoms with E-state index in [1.54, 1.807) is 0 Å². The van der Waals surface area contributed by atoms with E-state index < -0.39 is 51.3 Å². The molecule has 0 bridgehead atoms. The van der Waals surface area contributed by atoms with Crippen LogP contribution in [0, 0.1) is 0 Å². The molecular formula is C15H12ClF6NO2S. The van der Waals surface area contributed by atoms with Crippen LogP contribution >= 0.6 is 11.6 Å². The number of hydrogen-bond donors (Lipinski definition) is 1. The van der Waals surface area contributed by atoms with Gasteiger partial charge in [0.05, 0.1) is 12.2 Å². The summed E-state index contributed by atoms with van der Waals surface area (Å²) in [6.45, 7) is 0.670. The number of halogens is 7. The van der Waals surface area contributed by atoms with Gasteiger partial charge in [0.1, 0.15) is 22.6 Å². The van der Waals surface area contributed by atoms with Gasteiger partial charge >= 0.3 is 11.7 Å². The summed E-state index contributed by atoms with van der Waals surface area (Å²) in [6.07, 6.45) is -4.98. The summed E-state index contributed by atoms with van der Waals surface area (Å²) in [4.78, 5) is 0.947. The lowest BCUT2D eigenvalue weighted by atomic mass is 10.1. The first-order valence-corrected chi connectivity index (χ1v) is 8.63. The van der Waals surface area contributed by atoms with Gasteiger partial charge < -0.3 is 14.3 Å². The molecule has 1 unspecified atom stereocenters. The number of rotatable bonds is 5. The van der Waals surface area contributed by atoms with Crippen molar-refractivity contribution in [1.29, 1.82) is 0 Å². The SMILES string of the molecule is CCOCc1c(C(F)(F)F)[nH]c(-c2ccc(Cl)cc2)c1[S+]([O-])C(F)(F)F. The molecule has 0 saturated carbocycles. The van der Waals surface area contributed by atoms with Crippen LogP contribution in [0.25, 0.3) is 11.3 Å². The number of nitrogens with one attached hydrogen (secondary N) is 1. The molecule has 0 amide bonds. The molecule has 0 aliphatic heterocycles. The molecule has 0 saturated heterocycles. The number of benzene rings is 1. The Morgan fingerprint density at radius 3 is 2.15 bits per heavy atom. The second-order valence-electron chi connectivity index (χ2n) is 5.04. The van der Waals surface area contributed by atoms with Crippen molar-refractivity contribution in [3.8, 4) is 11.3 Å². The van der Waals surface area contributed by atoms with Crippen molar-refractivity contribution in [2.75, 3.05) is 6.61 Å². The molecule has 2 aromatic rings. The maximum absolute atomic E-state index is 13.3. The second-order valence-corrected chi connectivity index (χ2v) is 6.88. The van der Waals surface area contributed by atoms with E-state index in [1.807, 2.05) is 4.98 Å². The Bertz CT molecular complexity index is 757. The van der Waals surface area contributed by atoms with Crippen molar-refractivity contribution < 1.29 is 35.6 Å². The summed E-state index contributed by atoms with van der Waals surface area (Å²) in [7, 11) is 0. The molecule has 1 aromatic carbocycles. The third kappa shape index (κ3) is 4.48. The Balaban J connectivity index is 2.76. The molecule has 0 aliphatic rings. The molecule has 2 rings (SSSR count). The average molecular weight is 420 g/mol. The van der Waals surface area contributed by atoms with Crippen LogP contribution in [-0.4, -0.2) is 21.7 Å². The van der Waals surface area contributed by atoms with Gasteiger partial charge in [-0.1, -0.05) is 23.7 Å². The van der Waals surface area contributed by atoms with Crippen molar-refractivity contribution in [1.82, 2.24) is 4.98 Å². The molecule has 1 N–H and O–H groups in total. The highest BCUT2D eigenvalue weighted by atomic mass is 35.5. The van der Waals surface area contributed by atoms with Gasteiger partial charge in [0.15, 0.2) is 4.90 Å². The quantitative estimate of drug-likeness (QED) is 0.512. The Hall–Kier alpha value is -1.36. The third-order valence-corrected chi connectivity index (χ3v) is 4.81. The summed E-state index contributed by atoms with van der Waals surface area (Å²) in [6, 6.07) is 5.06. The first kappa shape index (κ1) is 20.9. The van der Waals surface area contributed by atoms with Crippen molar-refractivity contribution >= 4 is 22.8 Å². The van der Waals surface area contributed by atoms with Gasteiger partial charge in [0.25, 0.3) is 0 Å². The summed E-state index contributed by atoms with van der Waals surface area (Å²) in [5.41, 5.74) is -8.06. The van der Waals surface area contributed by atoms with E-state index >= 15 is 0 Å². The van der Waals surface area contributed by atoms with E-state index in [1.165, 1.54) is 31.2 Å². The lowest BCUT2D eigenvalue weighted by Gasteiger charge is -2.15. The molecular weight excluding hydrogens is 408 g/mol. The van der Waals surface area contributed by atoms with Crippen LogP contribution in [0.5, 0.6) is 0 Å². The minimum absolute atomic E-state index is 0.0183. The maximum atomic E-state index is 13.3. The fraction of sp³-hybridized carbons (Fsp3) is 0.333. The highest BCUT2D eigenvalue weighted by molar-refractivity contribution is 7.92. The molecule has 0 aliphatic carbocycles. The van der Waals surface area contributed by atoms with Gasteiger partial charge in [-0.05, 0) is 19.1 Å². The number of hydrogen-bond acceptors (Lipinski definition) is 2. The summed E-state index contributed by atoms with van der Waals surface area (Å²) >= 11 is 2.01. The third-order valence-electron chi connectivity index (χ3n) is 3.32. The Kier molecular flexibility index (Phi) is 6.21. The van der Waals surface area contributed by atoms with Gasteiger partial charge in [-0.2, -0.15) is 13.2 Å². The van der Waals surface area contributed by atoms with Gasteiger partial charge in [0.2, 0.25) is 0 Å². The topological polar surface area (TPSA) is 48.1 Å². The number of aromatic nitrogens is 1. The zero-order valence-electron chi connectivity index (χ0n) is 13.1. The van der Waals surface area contributed by atoms with E-state index in [9.17, 15) is 30.9 Å². The van der Waals surface area contributed by atoms with Crippen LogP contribution in [-0.2, 0) is 28.7 Å². The minimum Gasteiger partial charge on any atom is -0.604 e. The van der Waals surface area contributed by atoms with E-state index in [-0.39, 0.29) is 17.2 Å². The Morgan fingerprint density at radius 1 is 1.12 bits per heavy atom. The van der Waals surface area contributed by atoms with E-state index in [2.05, 4.69) is 0 Å². The lowest BCUT2D eigenvalue weighted by Crippen LogP contribution is -2.25. The van der Waals surface area contributed by atoms with Gasteiger partial charge in [-0.25, -0.2) is 0 Å². The highest BCUT2D eigenvalue weighted by Crippen LogP contribution is 2.44. The molecule has 0 radical (unpaired) electrons. The van der Waals surface area contributed by atoms with Crippen LogP contribution in [0.1, 0.15) is 18.2 Å². The normalized spacial score (nSPS) is 13.9. The van der Waals surface area contributed by atoms with Gasteiger partial charge in [-0.15, -0.1) is 13.2 Å². The number of H-pyrrole nitrogens is 1. The molecule has 0 fully saturated rings. The second kappa shape index (κ2) is 7.71. The van der Waals surface area contributed by atoms with E-state index in [0.717, 1.165) is 0 Å². The molecule has 26 heavy (non-hydrogen) atoms. The molecule has 3 nitrogen and oxygen atoms in total. The zero-order chi connectivity index (χ0) is 19.7. The molecule has 144 valence electrons. The van der Waals surface area contributed by atoms with Crippen LogP contribution in [0.3, 0.4) is 0 Å². The van der Waals surface area contributed by atoms with Crippen molar-refractivity contribution in [2.45, 2.75) is 30.1 Å². The van der Waals surface area contributed by atoms with Crippen LogP contribution < -0.4 is 0 Å². The standard InChI is InChI=1S/C15H12ClF6NO2S/c1-2-25-7-10-12(26(24)15(20,21)22)11(23-13(10)14(17,18)19)8-3-5-9(16)6-4-8/h3-6,23H,2,7H2,1H3. The Morgan fingerprint density at radius 2 is 1.69 bits per heavy atom. The smallest absolute Gasteiger partial charge is 0.578 e. The fourth-order valence-electron chi connectivity index (χ4n) is 2.25. The number of ether oxygens (including phenoxy) is 1. The van der Waals surface area contributed by atoms with Crippen LogP contribution in [0.2, 0.25) is 5.02 Å². The molecule has 11 heteroatoms. The maximum Gasteiger partial charge on any atom is 0.578 e. The lowest BCUT2D eigenvalue weighted by molar-refractivity contribution is -0.142. The predicted molar refractivity (Wildman–Crippen MR) is 84.0 cm³/mol. The summed E-state index contributed by atoms with van der Waals surface area (Å²) in [5, 5.41) is 0.240. The molecule has 1 atom stereocenters. The molecule has 1 heterocycles. The average Bonchev–Trinajstić information content (AvgIpc) is 2.91. The molecule has 0 spiro atoms. The number of alkyl halides is 6.